The molecule has 2 N–H and O–H groups in total. The van der Waals surface area contributed by atoms with Crippen LogP contribution in [0.2, 0.25) is 0 Å². The minimum absolute atomic E-state index is 0.0251. The second-order valence-electron chi connectivity index (χ2n) is 7.89. The Hall–Kier alpha value is -1.21. The third kappa shape index (κ3) is 3.13. The van der Waals surface area contributed by atoms with Crippen molar-refractivity contribution in [1.82, 2.24) is 0 Å². The molecule has 0 saturated heterocycles. The fourth-order valence-corrected chi connectivity index (χ4v) is 4.79. The van der Waals surface area contributed by atoms with Crippen LogP contribution in [0.25, 0.3) is 0 Å². The molecule has 2 aliphatic rings. The average molecular weight is 377 g/mol. The predicted octanol–water partition coefficient (Wildman–Crippen LogP) is 4.62. The topological polar surface area (TPSA) is 26.0 Å². The van der Waals surface area contributed by atoms with Crippen molar-refractivity contribution < 1.29 is 26.4 Å². The number of quaternary nitrogens is 1. The summed E-state index contributed by atoms with van der Waals surface area (Å²) in [6.45, 7) is 1.09. The first kappa shape index (κ1) is 19.5. The van der Waals surface area contributed by atoms with Gasteiger partial charge in [-0.2, -0.15) is 13.2 Å². The molecule has 1 fully saturated rings. The number of hydrogen-bond acceptors (Lipinski definition) is 1. The Labute approximate surface area is 150 Å². The molecule has 0 spiro atoms. The lowest BCUT2D eigenvalue weighted by Gasteiger charge is -2.52. The Morgan fingerprint density at radius 2 is 1.58 bits per heavy atom. The van der Waals surface area contributed by atoms with Crippen molar-refractivity contribution in [3.63, 3.8) is 0 Å². The molecule has 3 rings (SSSR count). The molecule has 1 heterocycles. The second kappa shape index (κ2) is 6.75. The number of benzene rings is 1. The van der Waals surface area contributed by atoms with Crippen molar-refractivity contribution in [1.29, 1.82) is 0 Å². The predicted molar refractivity (Wildman–Crippen MR) is 89.4 cm³/mol. The summed E-state index contributed by atoms with van der Waals surface area (Å²) in [6.07, 6.45) is -2.75. The highest BCUT2D eigenvalue weighted by molar-refractivity contribution is 5.28. The minimum atomic E-state index is -5.57. The van der Waals surface area contributed by atoms with Gasteiger partial charge in [-0.3, -0.25) is 0 Å². The molecule has 0 radical (unpaired) electrons. The zero-order valence-electron chi connectivity index (χ0n) is 14.9. The van der Waals surface area contributed by atoms with Gasteiger partial charge in [0.1, 0.15) is 6.54 Å². The minimum Gasteiger partial charge on any atom is -0.328 e. The van der Waals surface area contributed by atoms with Crippen molar-refractivity contribution in [2.45, 2.75) is 69.9 Å². The lowest BCUT2D eigenvalue weighted by atomic mass is 9.79. The lowest BCUT2D eigenvalue weighted by molar-refractivity contribution is -1.05. The summed E-state index contributed by atoms with van der Waals surface area (Å²) in [7, 11) is 0. The molecule has 0 amide bonds. The normalized spacial score (nSPS) is 31.3. The van der Waals surface area contributed by atoms with Crippen molar-refractivity contribution >= 4 is 0 Å². The van der Waals surface area contributed by atoms with E-state index in [-0.39, 0.29) is 31.5 Å². The summed E-state index contributed by atoms with van der Waals surface area (Å²) in [4.78, 5) is 0. The zero-order chi connectivity index (χ0) is 19.2. The van der Waals surface area contributed by atoms with Crippen LogP contribution < -0.4 is 5.73 Å². The molecule has 2 unspecified atom stereocenters. The standard InChI is InChI=1S/C19H26F5N2/c1-13(14-6-8-17(25)9-7-14)26(19(23,24)18(20,21)22)11-10-15-4-2-3-5-16(15)12-26/h2-5,13-14,17H,6-12,25H2,1H3/q+1/t13?,14-,17-,26?. The van der Waals surface area contributed by atoms with E-state index in [1.54, 1.807) is 25.1 Å². The monoisotopic (exact) mass is 377 g/mol. The van der Waals surface area contributed by atoms with E-state index in [0.717, 1.165) is 5.56 Å². The van der Waals surface area contributed by atoms with E-state index in [1.807, 2.05) is 6.07 Å². The van der Waals surface area contributed by atoms with Crippen LogP contribution in [0.4, 0.5) is 22.0 Å². The van der Waals surface area contributed by atoms with Crippen LogP contribution in [0.3, 0.4) is 0 Å². The van der Waals surface area contributed by atoms with E-state index in [9.17, 15) is 22.0 Å². The number of alkyl halides is 5. The third-order valence-electron chi connectivity index (χ3n) is 6.53. The maximum absolute atomic E-state index is 14.9. The van der Waals surface area contributed by atoms with E-state index >= 15 is 0 Å². The molecule has 0 bridgehead atoms. The zero-order valence-corrected chi connectivity index (χ0v) is 14.9. The molecular formula is C19H26F5N2+. The largest absolute Gasteiger partial charge is 0.515 e. The van der Waals surface area contributed by atoms with Gasteiger partial charge in [0.05, 0.1) is 12.6 Å². The number of nitrogens with two attached hydrogens (primary N) is 1. The molecule has 7 heteroatoms. The third-order valence-corrected chi connectivity index (χ3v) is 6.53. The molecular weight excluding hydrogens is 351 g/mol. The van der Waals surface area contributed by atoms with Crippen LogP contribution >= 0.6 is 0 Å². The van der Waals surface area contributed by atoms with Crippen molar-refractivity contribution in [2.24, 2.45) is 11.7 Å². The summed E-state index contributed by atoms with van der Waals surface area (Å²) in [6, 6.07) is 1.46. The number of hydrogen-bond donors (Lipinski definition) is 1. The first-order valence-corrected chi connectivity index (χ1v) is 9.22. The Bertz CT molecular complexity index is 637. The van der Waals surface area contributed by atoms with Gasteiger partial charge < -0.3 is 5.73 Å². The molecule has 1 saturated carbocycles. The van der Waals surface area contributed by atoms with Crippen LogP contribution in [-0.2, 0) is 13.0 Å². The molecule has 146 valence electrons. The average Bonchev–Trinajstić information content (AvgIpc) is 2.60. The molecule has 1 aromatic carbocycles. The molecule has 0 aromatic heterocycles. The fraction of sp³-hybridized carbons (Fsp3) is 0.684. The molecule has 1 aromatic rings. The SMILES string of the molecule is CC([C@H]1CC[C@H](N)CC1)[N+]1(C(F)(F)C(F)(F)F)CCc2ccccc2C1. The quantitative estimate of drug-likeness (QED) is 0.464. The molecule has 2 nitrogen and oxygen atoms in total. The lowest BCUT2D eigenvalue weighted by Crippen LogP contribution is -2.72. The number of fused-ring (bicyclic) bond motifs is 1. The summed E-state index contributed by atoms with van der Waals surface area (Å²) in [5.74, 6) is -0.173. The van der Waals surface area contributed by atoms with Gasteiger partial charge in [-0.05, 0) is 38.2 Å². The summed E-state index contributed by atoms with van der Waals surface area (Å²) in [5, 5.41) is 0. The van der Waals surface area contributed by atoms with Gasteiger partial charge in [0.25, 0.3) is 0 Å². The summed E-state index contributed by atoms with van der Waals surface area (Å²) >= 11 is 0. The van der Waals surface area contributed by atoms with Gasteiger partial charge >= 0.3 is 12.2 Å². The highest BCUT2D eigenvalue weighted by Gasteiger charge is 2.74. The van der Waals surface area contributed by atoms with E-state index in [0.29, 0.717) is 31.2 Å². The van der Waals surface area contributed by atoms with Gasteiger partial charge in [0, 0.05) is 23.9 Å². The number of halogens is 5. The fourth-order valence-electron chi connectivity index (χ4n) is 4.79. The highest BCUT2D eigenvalue weighted by Crippen LogP contribution is 2.50. The van der Waals surface area contributed by atoms with Crippen LogP contribution in [-0.4, -0.2) is 35.3 Å². The summed E-state index contributed by atoms with van der Waals surface area (Å²) in [5.41, 5.74) is 7.36. The van der Waals surface area contributed by atoms with Crippen molar-refractivity contribution in [2.75, 3.05) is 6.54 Å². The van der Waals surface area contributed by atoms with Crippen molar-refractivity contribution in [3.05, 3.63) is 35.4 Å². The Balaban J connectivity index is 2.01. The van der Waals surface area contributed by atoms with E-state index < -0.39 is 22.7 Å². The second-order valence-corrected chi connectivity index (χ2v) is 7.89. The molecule has 26 heavy (non-hydrogen) atoms. The highest BCUT2D eigenvalue weighted by atomic mass is 19.4. The number of rotatable bonds is 3. The van der Waals surface area contributed by atoms with Crippen LogP contribution in [0.15, 0.2) is 24.3 Å². The van der Waals surface area contributed by atoms with E-state index in [2.05, 4.69) is 0 Å². The first-order chi connectivity index (χ1) is 12.1. The molecule has 1 aliphatic carbocycles. The van der Waals surface area contributed by atoms with Crippen LogP contribution in [0, 0.1) is 5.92 Å². The molecule has 1 aliphatic heterocycles. The maximum atomic E-state index is 14.9. The smallest absolute Gasteiger partial charge is 0.328 e. The Morgan fingerprint density at radius 1 is 1.00 bits per heavy atom. The summed E-state index contributed by atoms with van der Waals surface area (Å²) < 4.78 is 68.8. The van der Waals surface area contributed by atoms with Crippen LogP contribution in [0.1, 0.15) is 43.7 Å². The Morgan fingerprint density at radius 3 is 2.15 bits per heavy atom. The maximum Gasteiger partial charge on any atom is 0.515 e. The van der Waals surface area contributed by atoms with E-state index in [4.69, 9.17) is 5.73 Å². The van der Waals surface area contributed by atoms with Gasteiger partial charge in [0.2, 0.25) is 0 Å². The van der Waals surface area contributed by atoms with Crippen molar-refractivity contribution in [3.8, 4) is 0 Å². The molecule has 2 atom stereocenters. The van der Waals surface area contributed by atoms with Gasteiger partial charge in [0.15, 0.2) is 0 Å². The van der Waals surface area contributed by atoms with Gasteiger partial charge in [-0.15, -0.1) is 8.78 Å². The van der Waals surface area contributed by atoms with Gasteiger partial charge in [-0.25, -0.2) is 4.48 Å². The Kier molecular flexibility index (Phi) is 5.07. The van der Waals surface area contributed by atoms with Gasteiger partial charge in [-0.1, -0.05) is 24.3 Å². The van der Waals surface area contributed by atoms with Crippen LogP contribution in [0.5, 0.6) is 0 Å². The number of nitrogens with zero attached hydrogens (tertiary/aromatic N) is 1. The van der Waals surface area contributed by atoms with E-state index in [1.165, 1.54) is 0 Å². The first-order valence-electron chi connectivity index (χ1n) is 9.22.